The van der Waals surface area contributed by atoms with Crippen molar-refractivity contribution < 1.29 is 27.4 Å². The molecule has 0 amide bonds. The predicted molar refractivity (Wildman–Crippen MR) is 162 cm³/mol. The van der Waals surface area contributed by atoms with Crippen LogP contribution in [0.4, 0.5) is 8.78 Å². The molecule has 2 unspecified atom stereocenters. The molecule has 0 bridgehead atoms. The minimum Gasteiger partial charge on any atom is -0.393 e. The van der Waals surface area contributed by atoms with Gasteiger partial charge in [-0.15, -0.1) is 0 Å². The molecular formula is C33H54F2O4S. The average Bonchev–Trinajstić information content (AvgIpc) is 3.15. The highest BCUT2D eigenvalue weighted by atomic mass is 32.2. The van der Waals surface area contributed by atoms with E-state index >= 15 is 0 Å². The number of hydrogen-bond acceptors (Lipinski definition) is 4. The number of allylic oxidation sites excluding steroid dienone is 5. The zero-order valence-electron chi connectivity index (χ0n) is 26.3. The first-order valence-electron chi connectivity index (χ1n) is 14.9. The van der Waals surface area contributed by atoms with Gasteiger partial charge in [0.2, 0.25) is 9.84 Å². The molecule has 0 heterocycles. The van der Waals surface area contributed by atoms with E-state index in [-0.39, 0.29) is 30.1 Å². The molecule has 0 spiro atoms. The zero-order chi connectivity index (χ0) is 30.9. The van der Waals surface area contributed by atoms with Gasteiger partial charge >= 0.3 is 5.25 Å². The second kappa shape index (κ2) is 12.5. The Morgan fingerprint density at radius 2 is 1.73 bits per heavy atom. The third-order valence-corrected chi connectivity index (χ3v) is 11.4. The summed E-state index contributed by atoms with van der Waals surface area (Å²) in [6, 6.07) is 0. The molecule has 0 aromatic rings. The molecule has 3 aliphatic carbocycles. The lowest BCUT2D eigenvalue weighted by molar-refractivity contribution is 0.0204. The first-order chi connectivity index (χ1) is 18.1. The van der Waals surface area contributed by atoms with Crippen LogP contribution < -0.4 is 0 Å². The molecule has 2 N–H and O–H groups in total. The average molecular weight is 585 g/mol. The molecule has 3 aliphatic rings. The Hall–Kier alpha value is -1.31. The highest BCUT2D eigenvalue weighted by molar-refractivity contribution is 7.93. The number of aliphatic hydroxyl groups is 2. The maximum atomic E-state index is 14.8. The molecule has 3 rings (SSSR count). The molecule has 2 saturated carbocycles. The summed E-state index contributed by atoms with van der Waals surface area (Å²) >= 11 is 0. The number of aliphatic hydroxyl groups excluding tert-OH is 1. The Morgan fingerprint density at radius 1 is 1.15 bits per heavy atom. The first kappa shape index (κ1) is 34.9. The van der Waals surface area contributed by atoms with Gasteiger partial charge in [0.15, 0.2) is 0 Å². The van der Waals surface area contributed by atoms with E-state index in [0.29, 0.717) is 12.0 Å². The number of hydrogen-bond donors (Lipinski definition) is 2. The van der Waals surface area contributed by atoms with E-state index in [1.54, 1.807) is 6.92 Å². The van der Waals surface area contributed by atoms with Gasteiger partial charge in [-0.3, -0.25) is 0 Å². The molecule has 4 nitrogen and oxygen atoms in total. The number of rotatable bonds is 6. The van der Waals surface area contributed by atoms with E-state index < -0.39 is 38.0 Å². The Balaban J connectivity index is 0.00000131. The van der Waals surface area contributed by atoms with Crippen LogP contribution in [0.5, 0.6) is 0 Å². The second-order valence-electron chi connectivity index (χ2n) is 14.4. The monoisotopic (exact) mass is 584 g/mol. The van der Waals surface area contributed by atoms with Crippen molar-refractivity contribution in [3.05, 3.63) is 47.1 Å². The Labute approximate surface area is 242 Å². The van der Waals surface area contributed by atoms with Gasteiger partial charge in [-0.05, 0) is 101 Å². The fourth-order valence-corrected chi connectivity index (χ4v) is 7.77. The van der Waals surface area contributed by atoms with Crippen LogP contribution in [-0.4, -0.2) is 40.3 Å². The lowest BCUT2D eigenvalue weighted by Crippen LogP contribution is -2.42. The van der Waals surface area contributed by atoms with Crippen LogP contribution in [0, 0.1) is 23.2 Å². The summed E-state index contributed by atoms with van der Waals surface area (Å²) in [6.45, 7) is 20.4. The fraction of sp³-hybridized carbons (Fsp3) is 0.758. The standard InChI is InChI=1S/C29H44F2O4S.C4H10/c1-19(14-16-29(30,31)36(34,35)26(3,4)5)24-12-13-25-21(9-8-15-27(24,25)6)10-11-22-17-23(32)18-28(7,33)20(22)2;1-4(2)3/h10-12,19,23,25,32-33H,2,8-9,13-18H2,1,3-7H3;4H,1-3H3/b21-10+,22-11-;/t19-,23?,25+,27?,28+;/m1./s1. The zero-order valence-corrected chi connectivity index (χ0v) is 27.1. The van der Waals surface area contributed by atoms with Crippen LogP contribution in [0.3, 0.4) is 0 Å². The molecule has 5 atom stereocenters. The molecule has 0 radical (unpaired) electrons. The van der Waals surface area contributed by atoms with E-state index in [9.17, 15) is 27.4 Å². The van der Waals surface area contributed by atoms with Crippen molar-refractivity contribution in [2.24, 2.45) is 23.2 Å². The summed E-state index contributed by atoms with van der Waals surface area (Å²) in [5.74, 6) is 0.962. The van der Waals surface area contributed by atoms with Gasteiger partial charge in [-0.1, -0.05) is 70.6 Å². The number of fused-ring (bicyclic) bond motifs is 1. The van der Waals surface area contributed by atoms with E-state index in [1.165, 1.54) is 26.3 Å². The largest absolute Gasteiger partial charge is 0.393 e. The normalized spacial score (nSPS) is 32.5. The van der Waals surface area contributed by atoms with Gasteiger partial charge in [-0.25, -0.2) is 8.42 Å². The quantitative estimate of drug-likeness (QED) is 0.308. The summed E-state index contributed by atoms with van der Waals surface area (Å²) in [4.78, 5) is 0. The van der Waals surface area contributed by atoms with Crippen molar-refractivity contribution in [1.29, 1.82) is 0 Å². The summed E-state index contributed by atoms with van der Waals surface area (Å²) in [7, 11) is -4.59. The van der Waals surface area contributed by atoms with Gasteiger partial charge in [-0.2, -0.15) is 8.78 Å². The van der Waals surface area contributed by atoms with Crippen molar-refractivity contribution in [2.45, 2.75) is 135 Å². The highest BCUT2D eigenvalue weighted by Gasteiger charge is 2.52. The van der Waals surface area contributed by atoms with Crippen LogP contribution >= 0.6 is 0 Å². The van der Waals surface area contributed by atoms with E-state index in [2.05, 4.69) is 46.4 Å². The second-order valence-corrected chi connectivity index (χ2v) is 17.2. The van der Waals surface area contributed by atoms with Crippen LogP contribution in [0.15, 0.2) is 47.1 Å². The molecule has 230 valence electrons. The molecule has 0 aromatic heterocycles. The van der Waals surface area contributed by atoms with Gasteiger partial charge in [0.05, 0.1) is 16.5 Å². The van der Waals surface area contributed by atoms with Crippen molar-refractivity contribution in [1.82, 2.24) is 0 Å². The van der Waals surface area contributed by atoms with Crippen molar-refractivity contribution in [3.63, 3.8) is 0 Å². The van der Waals surface area contributed by atoms with Crippen LogP contribution in [0.2, 0.25) is 0 Å². The summed E-state index contributed by atoms with van der Waals surface area (Å²) in [6.07, 6.45) is 9.61. The highest BCUT2D eigenvalue weighted by Crippen LogP contribution is 2.57. The summed E-state index contributed by atoms with van der Waals surface area (Å²) < 4.78 is 52.8. The van der Waals surface area contributed by atoms with Gasteiger partial charge in [0, 0.05) is 12.8 Å². The lowest BCUT2D eigenvalue weighted by atomic mass is 9.62. The Bertz CT molecular complexity index is 1120. The first-order valence-corrected chi connectivity index (χ1v) is 16.4. The summed E-state index contributed by atoms with van der Waals surface area (Å²) in [5.41, 5.74) is 2.70. The van der Waals surface area contributed by atoms with Crippen LogP contribution in [-0.2, 0) is 9.84 Å². The smallest absolute Gasteiger partial charge is 0.346 e. The SMILES string of the molecule is C=C1/C(=C\C=C2/CCCC3(C)C([C@H](C)CCC(F)(F)S(=O)(=O)C(C)(C)C)=CC[C@@H]23)CC(O)C[C@]1(C)O.CC(C)C. The fourth-order valence-electron chi connectivity index (χ4n) is 6.49. The topological polar surface area (TPSA) is 74.6 Å². The van der Waals surface area contributed by atoms with Gasteiger partial charge in [0.25, 0.3) is 0 Å². The van der Waals surface area contributed by atoms with Crippen molar-refractivity contribution >= 4 is 9.84 Å². The van der Waals surface area contributed by atoms with Crippen LogP contribution in [0.1, 0.15) is 114 Å². The molecule has 7 heteroatoms. The maximum Gasteiger partial charge on any atom is 0.346 e. The maximum absolute atomic E-state index is 14.8. The van der Waals surface area contributed by atoms with E-state index in [1.807, 2.05) is 13.0 Å². The lowest BCUT2D eigenvalue weighted by Gasteiger charge is -2.43. The third kappa shape index (κ3) is 7.55. The number of alkyl halides is 2. The molecule has 2 fully saturated rings. The molecule has 0 aromatic carbocycles. The van der Waals surface area contributed by atoms with E-state index in [0.717, 1.165) is 42.7 Å². The molecule has 0 aliphatic heterocycles. The third-order valence-electron chi connectivity index (χ3n) is 8.83. The molecule has 0 saturated heterocycles. The van der Waals surface area contributed by atoms with E-state index in [4.69, 9.17) is 0 Å². The van der Waals surface area contributed by atoms with Crippen molar-refractivity contribution in [2.75, 3.05) is 0 Å². The van der Waals surface area contributed by atoms with Gasteiger partial charge in [0.1, 0.15) is 0 Å². The van der Waals surface area contributed by atoms with Crippen molar-refractivity contribution in [3.8, 4) is 0 Å². The predicted octanol–water partition coefficient (Wildman–Crippen LogP) is 8.32. The number of sulfone groups is 1. The Kier molecular flexibility index (Phi) is 10.9. The van der Waals surface area contributed by atoms with Gasteiger partial charge < -0.3 is 10.2 Å². The van der Waals surface area contributed by atoms with Crippen LogP contribution in [0.25, 0.3) is 0 Å². The number of halogens is 2. The summed E-state index contributed by atoms with van der Waals surface area (Å²) in [5, 5.41) is 17.0. The minimum absolute atomic E-state index is 0.117. The molecular weight excluding hydrogens is 530 g/mol. The minimum atomic E-state index is -4.59. The molecule has 40 heavy (non-hydrogen) atoms. The Morgan fingerprint density at radius 3 is 2.27 bits per heavy atom.